The van der Waals surface area contributed by atoms with Gasteiger partial charge in [-0.15, -0.1) is 16.0 Å². The summed E-state index contributed by atoms with van der Waals surface area (Å²) in [5.74, 6) is -0.417. The maximum absolute atomic E-state index is 13.7. The zero-order chi connectivity index (χ0) is 27.7. The summed E-state index contributed by atoms with van der Waals surface area (Å²) in [4.78, 5) is 12.4. The van der Waals surface area contributed by atoms with Crippen molar-refractivity contribution >= 4 is 43.2 Å². The summed E-state index contributed by atoms with van der Waals surface area (Å²) in [6, 6.07) is 18.0. The number of nitro groups is 1. The van der Waals surface area contributed by atoms with Gasteiger partial charge < -0.3 is 4.90 Å². The fraction of sp³-hybridized carbons (Fsp3) is 0.240. The van der Waals surface area contributed by atoms with E-state index in [1.165, 1.54) is 51.7 Å². The third-order valence-corrected chi connectivity index (χ3v) is 9.56. The van der Waals surface area contributed by atoms with Crippen molar-refractivity contribution in [2.75, 3.05) is 19.0 Å². The lowest BCUT2D eigenvalue weighted by Gasteiger charge is -2.31. The molecular weight excluding hydrogens is 552 g/mol. The molecule has 10 nitrogen and oxygen atoms in total. The average Bonchev–Trinajstić information content (AvgIpc) is 3.34. The van der Waals surface area contributed by atoms with Gasteiger partial charge in [0, 0.05) is 25.2 Å². The Morgan fingerprint density at radius 3 is 2.08 bits per heavy atom. The number of amidine groups is 1. The summed E-state index contributed by atoms with van der Waals surface area (Å²) in [7, 11) is -8.26. The number of nitro benzene ring substituents is 1. The number of nitrogens with zero attached hydrogens (tertiary/aromatic N) is 4. The van der Waals surface area contributed by atoms with Gasteiger partial charge in [0.15, 0.2) is 0 Å². The molecule has 0 amide bonds. The van der Waals surface area contributed by atoms with Gasteiger partial charge in [-0.05, 0) is 43.7 Å². The van der Waals surface area contributed by atoms with E-state index in [2.05, 4.69) is 4.40 Å². The second-order valence-corrected chi connectivity index (χ2v) is 12.5. The highest BCUT2D eigenvalue weighted by molar-refractivity contribution is 7.90. The van der Waals surface area contributed by atoms with Crippen LogP contribution < -0.4 is 0 Å². The van der Waals surface area contributed by atoms with Crippen molar-refractivity contribution in [1.29, 1.82) is 0 Å². The van der Waals surface area contributed by atoms with Crippen molar-refractivity contribution < 1.29 is 21.8 Å². The number of non-ortho nitro benzene ring substituents is 1. The topological polar surface area (TPSA) is 130 Å². The van der Waals surface area contributed by atoms with Crippen LogP contribution in [-0.2, 0) is 20.0 Å². The van der Waals surface area contributed by atoms with Crippen LogP contribution in [0.4, 0.5) is 5.69 Å². The first-order chi connectivity index (χ1) is 17.9. The molecule has 1 unspecified atom stereocenters. The number of rotatable bonds is 7. The van der Waals surface area contributed by atoms with E-state index in [1.807, 2.05) is 13.8 Å². The lowest BCUT2D eigenvalue weighted by atomic mass is 10.1. The van der Waals surface area contributed by atoms with E-state index in [-0.39, 0.29) is 45.8 Å². The van der Waals surface area contributed by atoms with Gasteiger partial charge in [-0.3, -0.25) is 10.1 Å². The Hall–Kier alpha value is -3.32. The van der Waals surface area contributed by atoms with Gasteiger partial charge in [-0.1, -0.05) is 47.5 Å². The average molecular weight is 577 g/mol. The number of sulfonamides is 2. The number of aryl methyl sites for hydroxylation is 2. The first kappa shape index (κ1) is 27.7. The Kier molecular flexibility index (Phi) is 7.88. The van der Waals surface area contributed by atoms with E-state index in [1.54, 1.807) is 30.3 Å². The summed E-state index contributed by atoms with van der Waals surface area (Å²) in [6.07, 6.45) is -1.12. The number of halogens is 1. The molecule has 1 fully saturated rings. The van der Waals surface area contributed by atoms with Crippen LogP contribution in [0.3, 0.4) is 0 Å². The minimum Gasteiger partial charge on any atom is -0.336 e. The van der Waals surface area contributed by atoms with Crippen LogP contribution in [0.25, 0.3) is 0 Å². The molecule has 1 aliphatic heterocycles. The summed E-state index contributed by atoms with van der Waals surface area (Å²) < 4.78 is 58.8. The van der Waals surface area contributed by atoms with Gasteiger partial charge in [0.05, 0.1) is 20.6 Å². The molecular formula is C25H25ClN4O6S2. The Bertz CT molecular complexity index is 1590. The second-order valence-electron chi connectivity index (χ2n) is 8.78. The maximum Gasteiger partial charge on any atom is 0.283 e. The highest BCUT2D eigenvalue weighted by Gasteiger charge is 2.43. The minimum absolute atomic E-state index is 0.0238. The van der Waals surface area contributed by atoms with Crippen molar-refractivity contribution in [3.05, 3.63) is 99.6 Å². The Morgan fingerprint density at radius 1 is 0.947 bits per heavy atom. The second kappa shape index (κ2) is 10.8. The highest BCUT2D eigenvalue weighted by atomic mass is 35.5. The smallest absolute Gasteiger partial charge is 0.283 e. The fourth-order valence-corrected chi connectivity index (χ4v) is 7.06. The first-order valence-corrected chi connectivity index (χ1v) is 14.9. The van der Waals surface area contributed by atoms with Gasteiger partial charge in [-0.2, -0.15) is 12.7 Å². The third-order valence-electron chi connectivity index (χ3n) is 6.13. The molecule has 38 heavy (non-hydrogen) atoms. The van der Waals surface area contributed by atoms with Crippen molar-refractivity contribution in [3.63, 3.8) is 0 Å². The van der Waals surface area contributed by atoms with E-state index >= 15 is 0 Å². The molecule has 0 radical (unpaired) electrons. The van der Waals surface area contributed by atoms with E-state index < -0.39 is 31.1 Å². The van der Waals surface area contributed by atoms with E-state index in [4.69, 9.17) is 11.6 Å². The predicted molar refractivity (Wildman–Crippen MR) is 144 cm³/mol. The van der Waals surface area contributed by atoms with E-state index in [0.717, 1.165) is 11.1 Å². The van der Waals surface area contributed by atoms with Crippen molar-refractivity contribution in [3.8, 4) is 0 Å². The predicted octanol–water partition coefficient (Wildman–Crippen LogP) is 4.24. The molecule has 1 heterocycles. The van der Waals surface area contributed by atoms with Crippen LogP contribution in [0.5, 0.6) is 0 Å². The van der Waals surface area contributed by atoms with Crippen molar-refractivity contribution in [1.82, 2.24) is 9.21 Å². The lowest BCUT2D eigenvalue weighted by molar-refractivity contribution is -0.385. The summed E-state index contributed by atoms with van der Waals surface area (Å²) >= 11 is 6.18. The highest BCUT2D eigenvalue weighted by Crippen LogP contribution is 2.37. The van der Waals surface area contributed by atoms with Crippen LogP contribution in [-0.4, -0.2) is 55.8 Å². The van der Waals surface area contributed by atoms with Crippen LogP contribution in [0, 0.1) is 24.0 Å². The standard InChI is InChI=1S/C25H25ClN4O6S2/c1-18-6-10-22(11-7-18)37(33,34)27-24(17-26)28-14-15-29(38(35,36)23-12-8-19(2)9-13-23)25(28)20-4-3-5-21(16-20)30(31)32/h3-13,16,25H,14-15,17H2,1-2H3. The molecule has 3 aromatic carbocycles. The van der Waals surface area contributed by atoms with Crippen molar-refractivity contribution in [2.45, 2.75) is 29.8 Å². The Balaban J connectivity index is 1.84. The summed E-state index contributed by atoms with van der Waals surface area (Å²) in [5.41, 5.74) is 1.78. The molecule has 0 aliphatic carbocycles. The van der Waals surface area contributed by atoms with E-state index in [9.17, 15) is 26.9 Å². The normalized spacial score (nSPS) is 17.1. The Morgan fingerprint density at radius 2 is 1.53 bits per heavy atom. The largest absolute Gasteiger partial charge is 0.336 e. The number of alkyl halides is 1. The molecule has 1 atom stereocenters. The van der Waals surface area contributed by atoms with Gasteiger partial charge >= 0.3 is 0 Å². The monoisotopic (exact) mass is 576 g/mol. The molecule has 4 rings (SSSR count). The molecule has 1 aliphatic rings. The molecule has 200 valence electrons. The van der Waals surface area contributed by atoms with E-state index in [0.29, 0.717) is 0 Å². The van der Waals surface area contributed by atoms with Gasteiger partial charge in [0.2, 0.25) is 10.0 Å². The SMILES string of the molecule is Cc1ccc(S(=O)(=O)N=C(CCl)N2CCN(S(=O)(=O)c3ccc(C)cc3)C2c2cccc([N+](=O)[O-])c2)cc1. The van der Waals surface area contributed by atoms with Gasteiger partial charge in [-0.25, -0.2) is 8.42 Å². The van der Waals surface area contributed by atoms with Crippen LogP contribution in [0.15, 0.2) is 87.0 Å². The zero-order valence-electron chi connectivity index (χ0n) is 20.6. The molecule has 13 heteroatoms. The zero-order valence-corrected chi connectivity index (χ0v) is 22.9. The molecule has 0 bridgehead atoms. The molecule has 0 spiro atoms. The maximum atomic E-state index is 13.7. The molecule has 1 saturated heterocycles. The van der Waals surface area contributed by atoms with Crippen LogP contribution in [0.2, 0.25) is 0 Å². The number of hydrogen-bond acceptors (Lipinski definition) is 6. The van der Waals surface area contributed by atoms with Gasteiger partial charge in [0.25, 0.3) is 15.7 Å². The third kappa shape index (κ3) is 5.58. The quantitative estimate of drug-likeness (QED) is 0.135. The number of hydrogen-bond donors (Lipinski definition) is 0. The Labute approximate surface area is 226 Å². The van der Waals surface area contributed by atoms with Crippen molar-refractivity contribution in [2.24, 2.45) is 4.40 Å². The first-order valence-electron chi connectivity index (χ1n) is 11.5. The summed E-state index contributed by atoms with van der Waals surface area (Å²) in [6.45, 7) is 3.69. The molecule has 0 aromatic heterocycles. The molecule has 0 N–H and O–H groups in total. The fourth-order valence-electron chi connectivity index (χ4n) is 4.17. The van der Waals surface area contributed by atoms with Gasteiger partial charge in [0.1, 0.15) is 12.0 Å². The number of benzene rings is 3. The minimum atomic E-state index is -4.18. The van der Waals surface area contributed by atoms with Crippen LogP contribution >= 0.6 is 11.6 Å². The summed E-state index contributed by atoms with van der Waals surface area (Å²) in [5, 5.41) is 11.5. The molecule has 3 aromatic rings. The lowest BCUT2D eigenvalue weighted by Crippen LogP contribution is -2.39. The van der Waals surface area contributed by atoms with Crippen LogP contribution in [0.1, 0.15) is 22.9 Å². The molecule has 0 saturated carbocycles.